The Balaban J connectivity index is 1.91. The topological polar surface area (TPSA) is 35.5 Å². The number of hydrogen-bond donors (Lipinski definition) is 2. The quantitative estimate of drug-likeness (QED) is 0.803. The van der Waals surface area contributed by atoms with Crippen LogP contribution in [0.15, 0.2) is 24.3 Å². The molecule has 3 nitrogen and oxygen atoms in total. The van der Waals surface area contributed by atoms with Gasteiger partial charge in [0.05, 0.1) is 6.10 Å². The maximum absolute atomic E-state index is 9.60. The molecule has 1 aromatic rings. The summed E-state index contributed by atoms with van der Waals surface area (Å²) in [5, 5.41) is 13.2. The van der Waals surface area contributed by atoms with Gasteiger partial charge in [0.1, 0.15) is 0 Å². The molecule has 0 bridgehead atoms. The van der Waals surface area contributed by atoms with Crippen molar-refractivity contribution in [1.82, 2.24) is 10.2 Å². The van der Waals surface area contributed by atoms with E-state index in [2.05, 4.69) is 48.3 Å². The van der Waals surface area contributed by atoms with E-state index in [0.29, 0.717) is 6.04 Å². The number of rotatable bonds is 7. The van der Waals surface area contributed by atoms with Gasteiger partial charge in [-0.15, -0.1) is 0 Å². The number of likely N-dealkylation sites (tertiary alicyclic amines) is 1. The first-order chi connectivity index (χ1) is 9.69. The first kappa shape index (κ1) is 15.5. The molecule has 2 atom stereocenters. The van der Waals surface area contributed by atoms with Crippen LogP contribution in [0.5, 0.6) is 0 Å². The molecule has 1 aliphatic rings. The molecule has 1 aliphatic heterocycles. The van der Waals surface area contributed by atoms with E-state index in [1.165, 1.54) is 11.1 Å². The number of hydrogen-bond acceptors (Lipinski definition) is 3. The Morgan fingerprint density at radius 2 is 2.10 bits per heavy atom. The van der Waals surface area contributed by atoms with Gasteiger partial charge in [-0.25, -0.2) is 0 Å². The van der Waals surface area contributed by atoms with E-state index >= 15 is 0 Å². The number of aryl methyl sites for hydroxylation is 1. The van der Waals surface area contributed by atoms with Crippen molar-refractivity contribution in [1.29, 1.82) is 0 Å². The van der Waals surface area contributed by atoms with Crippen LogP contribution in [0, 0.1) is 6.92 Å². The molecule has 0 radical (unpaired) electrons. The molecule has 0 amide bonds. The van der Waals surface area contributed by atoms with Gasteiger partial charge in [0, 0.05) is 25.7 Å². The van der Waals surface area contributed by atoms with E-state index in [0.717, 1.165) is 45.4 Å². The predicted molar refractivity (Wildman–Crippen MR) is 83.9 cm³/mol. The highest BCUT2D eigenvalue weighted by molar-refractivity contribution is 5.24. The molecule has 2 N–H and O–H groups in total. The van der Waals surface area contributed by atoms with Crippen LogP contribution in [-0.4, -0.2) is 42.3 Å². The zero-order chi connectivity index (χ0) is 14.4. The first-order valence-electron chi connectivity index (χ1n) is 7.89. The Kier molecular flexibility index (Phi) is 6.02. The standard InChI is InChI=1S/C17H28N2O/c1-3-10-18-17(15-6-4-14(2)5-7-15)9-12-19-11-8-16(20)13-19/h4-7,16-18,20H,3,8-13H2,1-2H3. The molecule has 0 spiro atoms. The predicted octanol–water partition coefficient (Wildman–Crippen LogP) is 2.49. The smallest absolute Gasteiger partial charge is 0.0679 e. The van der Waals surface area contributed by atoms with Crippen LogP contribution >= 0.6 is 0 Å². The summed E-state index contributed by atoms with van der Waals surface area (Å²) in [6, 6.07) is 9.28. The summed E-state index contributed by atoms with van der Waals surface area (Å²) in [5.74, 6) is 0. The van der Waals surface area contributed by atoms with E-state index in [1.54, 1.807) is 0 Å². The summed E-state index contributed by atoms with van der Waals surface area (Å²) >= 11 is 0. The number of β-amino-alcohol motifs (C(OH)–C–C–N with tert-alkyl or cyclic N) is 1. The van der Waals surface area contributed by atoms with Gasteiger partial charge >= 0.3 is 0 Å². The highest BCUT2D eigenvalue weighted by Crippen LogP contribution is 2.19. The van der Waals surface area contributed by atoms with E-state index in [1.807, 2.05) is 0 Å². The zero-order valence-electron chi connectivity index (χ0n) is 12.8. The van der Waals surface area contributed by atoms with Crippen molar-refractivity contribution >= 4 is 0 Å². The molecule has 3 heteroatoms. The number of aliphatic hydroxyl groups is 1. The molecular weight excluding hydrogens is 248 g/mol. The van der Waals surface area contributed by atoms with Crippen molar-refractivity contribution < 1.29 is 5.11 Å². The molecule has 2 unspecified atom stereocenters. The lowest BCUT2D eigenvalue weighted by Crippen LogP contribution is -2.29. The maximum Gasteiger partial charge on any atom is 0.0679 e. The molecule has 1 heterocycles. The Labute approximate surface area is 123 Å². The summed E-state index contributed by atoms with van der Waals surface area (Å²) in [7, 11) is 0. The van der Waals surface area contributed by atoms with Gasteiger partial charge in [-0.05, 0) is 38.3 Å². The van der Waals surface area contributed by atoms with Crippen molar-refractivity contribution in [2.75, 3.05) is 26.2 Å². The summed E-state index contributed by atoms with van der Waals surface area (Å²) in [5.41, 5.74) is 2.69. The van der Waals surface area contributed by atoms with E-state index in [-0.39, 0.29) is 6.10 Å². The van der Waals surface area contributed by atoms with E-state index < -0.39 is 0 Å². The Bertz CT molecular complexity index is 390. The molecule has 112 valence electrons. The molecule has 0 aliphatic carbocycles. The van der Waals surface area contributed by atoms with Crippen LogP contribution in [0.4, 0.5) is 0 Å². The molecule has 2 rings (SSSR count). The van der Waals surface area contributed by atoms with Crippen LogP contribution in [0.25, 0.3) is 0 Å². The average molecular weight is 276 g/mol. The second-order valence-electron chi connectivity index (χ2n) is 5.95. The lowest BCUT2D eigenvalue weighted by Gasteiger charge is -2.23. The zero-order valence-corrected chi connectivity index (χ0v) is 12.8. The molecular formula is C17H28N2O. The van der Waals surface area contributed by atoms with Crippen LogP contribution in [0.1, 0.15) is 43.4 Å². The van der Waals surface area contributed by atoms with Crippen molar-refractivity contribution in [2.24, 2.45) is 0 Å². The fourth-order valence-electron chi connectivity index (χ4n) is 2.83. The SMILES string of the molecule is CCCNC(CCN1CCC(O)C1)c1ccc(C)cc1. The van der Waals surface area contributed by atoms with Gasteiger partial charge in [-0.3, -0.25) is 0 Å². The van der Waals surface area contributed by atoms with Gasteiger partial charge in [-0.2, -0.15) is 0 Å². The van der Waals surface area contributed by atoms with Gasteiger partial charge in [0.25, 0.3) is 0 Å². The lowest BCUT2D eigenvalue weighted by molar-refractivity contribution is 0.174. The summed E-state index contributed by atoms with van der Waals surface area (Å²) in [4.78, 5) is 2.37. The number of benzene rings is 1. The molecule has 0 saturated carbocycles. The highest BCUT2D eigenvalue weighted by Gasteiger charge is 2.21. The maximum atomic E-state index is 9.60. The Morgan fingerprint density at radius 3 is 2.70 bits per heavy atom. The fourth-order valence-corrected chi connectivity index (χ4v) is 2.83. The van der Waals surface area contributed by atoms with Gasteiger partial charge in [0.15, 0.2) is 0 Å². The Morgan fingerprint density at radius 1 is 1.35 bits per heavy atom. The van der Waals surface area contributed by atoms with Crippen LogP contribution in [0.2, 0.25) is 0 Å². The number of aliphatic hydroxyl groups excluding tert-OH is 1. The summed E-state index contributed by atoms with van der Waals surface area (Å²) < 4.78 is 0. The highest BCUT2D eigenvalue weighted by atomic mass is 16.3. The monoisotopic (exact) mass is 276 g/mol. The number of nitrogens with zero attached hydrogens (tertiary/aromatic N) is 1. The van der Waals surface area contributed by atoms with Crippen LogP contribution in [0.3, 0.4) is 0 Å². The summed E-state index contributed by atoms with van der Waals surface area (Å²) in [6.45, 7) is 8.33. The minimum atomic E-state index is -0.114. The molecule has 20 heavy (non-hydrogen) atoms. The van der Waals surface area contributed by atoms with E-state index in [4.69, 9.17) is 0 Å². The third-order valence-electron chi connectivity index (χ3n) is 4.10. The third kappa shape index (κ3) is 4.58. The van der Waals surface area contributed by atoms with Gasteiger partial charge in [0.2, 0.25) is 0 Å². The van der Waals surface area contributed by atoms with Crippen molar-refractivity contribution in [2.45, 2.75) is 45.3 Å². The minimum absolute atomic E-state index is 0.114. The molecule has 1 fully saturated rings. The summed E-state index contributed by atoms with van der Waals surface area (Å²) in [6.07, 6.45) is 3.08. The number of nitrogens with one attached hydrogen (secondary N) is 1. The second kappa shape index (κ2) is 7.77. The second-order valence-corrected chi connectivity index (χ2v) is 5.95. The van der Waals surface area contributed by atoms with E-state index in [9.17, 15) is 5.11 Å². The van der Waals surface area contributed by atoms with Crippen molar-refractivity contribution in [3.05, 3.63) is 35.4 Å². The molecule has 1 aromatic carbocycles. The van der Waals surface area contributed by atoms with Crippen LogP contribution < -0.4 is 5.32 Å². The van der Waals surface area contributed by atoms with Crippen LogP contribution in [-0.2, 0) is 0 Å². The van der Waals surface area contributed by atoms with Crippen molar-refractivity contribution in [3.63, 3.8) is 0 Å². The molecule has 1 saturated heterocycles. The first-order valence-corrected chi connectivity index (χ1v) is 7.89. The normalized spacial score (nSPS) is 21.2. The van der Waals surface area contributed by atoms with Gasteiger partial charge in [-0.1, -0.05) is 36.8 Å². The lowest BCUT2D eigenvalue weighted by atomic mass is 10.0. The Hall–Kier alpha value is -0.900. The molecule has 0 aromatic heterocycles. The average Bonchev–Trinajstić information content (AvgIpc) is 2.86. The largest absolute Gasteiger partial charge is 0.392 e. The minimum Gasteiger partial charge on any atom is -0.392 e. The van der Waals surface area contributed by atoms with Crippen molar-refractivity contribution in [3.8, 4) is 0 Å². The fraction of sp³-hybridized carbons (Fsp3) is 0.647. The third-order valence-corrected chi connectivity index (χ3v) is 4.10. The van der Waals surface area contributed by atoms with Gasteiger partial charge < -0.3 is 15.3 Å².